The molecule has 1 aromatic heterocycles. The van der Waals surface area contributed by atoms with Crippen molar-refractivity contribution in [1.82, 2.24) is 9.55 Å². The summed E-state index contributed by atoms with van der Waals surface area (Å²) in [7, 11) is 0. The Morgan fingerprint density at radius 1 is 1.19 bits per heavy atom. The molecular weight excluding hydrogens is 260 g/mol. The molecule has 0 atom stereocenters. The summed E-state index contributed by atoms with van der Waals surface area (Å²) in [5, 5.41) is 10.00. The molecule has 1 heterocycles. The van der Waals surface area contributed by atoms with E-state index in [0.717, 1.165) is 16.9 Å². The minimum Gasteiger partial charge on any atom is -0.508 e. The molecule has 106 valence electrons. The summed E-state index contributed by atoms with van der Waals surface area (Å²) < 4.78 is 2.36. The molecule has 0 bridgehead atoms. The summed E-state index contributed by atoms with van der Waals surface area (Å²) in [6, 6.07) is 14.6. The van der Waals surface area contributed by atoms with Gasteiger partial charge in [-0.05, 0) is 43.5 Å². The van der Waals surface area contributed by atoms with Crippen LogP contribution in [-0.4, -0.2) is 14.7 Å². The van der Waals surface area contributed by atoms with Crippen LogP contribution in [0.25, 0.3) is 11.0 Å². The molecule has 4 rings (SSSR count). The zero-order valence-electron chi connectivity index (χ0n) is 12.1. The van der Waals surface area contributed by atoms with Gasteiger partial charge in [-0.2, -0.15) is 0 Å². The van der Waals surface area contributed by atoms with E-state index in [9.17, 15) is 5.11 Å². The maximum absolute atomic E-state index is 10.00. The predicted octanol–water partition coefficient (Wildman–Crippen LogP) is 3.98. The summed E-state index contributed by atoms with van der Waals surface area (Å²) in [5.74, 6) is 1.41. The van der Waals surface area contributed by atoms with Crippen LogP contribution < -0.4 is 0 Å². The number of hydrogen-bond acceptors (Lipinski definition) is 2. The van der Waals surface area contributed by atoms with Crippen molar-refractivity contribution >= 4 is 11.0 Å². The Balaban J connectivity index is 1.84. The number of nitrogens with zero attached hydrogens (tertiary/aromatic N) is 2. The zero-order valence-corrected chi connectivity index (χ0v) is 12.1. The van der Waals surface area contributed by atoms with Gasteiger partial charge in [0, 0.05) is 18.0 Å². The standard InChI is InChI=1S/C18H18N2O/c1-12-6-9-16-15(10-12)19-18(20(16)14-7-8-14)11-13-4-2-3-5-17(13)21/h2-6,9-10,14,21H,7-8,11H2,1H3. The predicted molar refractivity (Wildman–Crippen MR) is 83.7 cm³/mol. The average molecular weight is 278 g/mol. The molecular formula is C18H18N2O. The van der Waals surface area contributed by atoms with E-state index in [1.54, 1.807) is 6.07 Å². The maximum Gasteiger partial charge on any atom is 0.119 e. The van der Waals surface area contributed by atoms with Gasteiger partial charge in [0.1, 0.15) is 11.6 Å². The molecule has 0 aliphatic heterocycles. The molecule has 3 heteroatoms. The van der Waals surface area contributed by atoms with Gasteiger partial charge >= 0.3 is 0 Å². The fourth-order valence-electron chi connectivity index (χ4n) is 2.95. The topological polar surface area (TPSA) is 38.1 Å². The van der Waals surface area contributed by atoms with Crippen molar-refractivity contribution in [2.75, 3.05) is 0 Å². The Bertz CT molecular complexity index is 815. The maximum atomic E-state index is 10.00. The van der Waals surface area contributed by atoms with Crippen molar-refractivity contribution in [3.63, 3.8) is 0 Å². The molecule has 21 heavy (non-hydrogen) atoms. The van der Waals surface area contributed by atoms with Crippen LogP contribution in [0.15, 0.2) is 42.5 Å². The summed E-state index contributed by atoms with van der Waals surface area (Å²) in [5.41, 5.74) is 4.45. The molecule has 1 aliphatic rings. The Kier molecular flexibility index (Phi) is 2.74. The van der Waals surface area contributed by atoms with Gasteiger partial charge in [0.05, 0.1) is 11.0 Å². The highest BCUT2D eigenvalue weighted by Crippen LogP contribution is 2.39. The highest BCUT2D eigenvalue weighted by Gasteiger charge is 2.28. The van der Waals surface area contributed by atoms with Crippen LogP contribution in [0.3, 0.4) is 0 Å². The minimum absolute atomic E-state index is 0.350. The third-order valence-electron chi connectivity index (χ3n) is 4.17. The van der Waals surface area contributed by atoms with E-state index >= 15 is 0 Å². The van der Waals surface area contributed by atoms with E-state index in [0.29, 0.717) is 18.2 Å². The van der Waals surface area contributed by atoms with Crippen LogP contribution in [0.4, 0.5) is 0 Å². The first kappa shape index (κ1) is 12.5. The number of phenols is 1. The third kappa shape index (κ3) is 2.19. The number of aryl methyl sites for hydroxylation is 1. The minimum atomic E-state index is 0.350. The van der Waals surface area contributed by atoms with Crippen molar-refractivity contribution in [1.29, 1.82) is 0 Å². The number of rotatable bonds is 3. The van der Waals surface area contributed by atoms with Gasteiger partial charge < -0.3 is 9.67 Å². The molecule has 0 amide bonds. The number of phenolic OH excluding ortho intramolecular Hbond substituents is 1. The number of imidazole rings is 1. The molecule has 1 fully saturated rings. The lowest BCUT2D eigenvalue weighted by molar-refractivity contribution is 0.468. The first-order valence-electron chi connectivity index (χ1n) is 7.47. The Hall–Kier alpha value is -2.29. The second kappa shape index (κ2) is 4.62. The van der Waals surface area contributed by atoms with Crippen LogP contribution >= 0.6 is 0 Å². The smallest absolute Gasteiger partial charge is 0.119 e. The van der Waals surface area contributed by atoms with Crippen molar-refractivity contribution in [2.45, 2.75) is 32.2 Å². The fraction of sp³-hybridized carbons (Fsp3) is 0.278. The first-order chi connectivity index (χ1) is 10.2. The number of aromatic hydroxyl groups is 1. The first-order valence-corrected chi connectivity index (χ1v) is 7.47. The molecule has 3 aromatic rings. The van der Waals surface area contributed by atoms with Crippen LogP contribution in [0.5, 0.6) is 5.75 Å². The molecule has 3 nitrogen and oxygen atoms in total. The van der Waals surface area contributed by atoms with E-state index < -0.39 is 0 Å². The highest BCUT2D eigenvalue weighted by atomic mass is 16.3. The zero-order chi connectivity index (χ0) is 14.4. The van der Waals surface area contributed by atoms with Gasteiger partial charge in [-0.15, -0.1) is 0 Å². The van der Waals surface area contributed by atoms with Gasteiger partial charge in [-0.3, -0.25) is 0 Å². The summed E-state index contributed by atoms with van der Waals surface area (Å²) in [4.78, 5) is 4.82. The van der Waals surface area contributed by atoms with E-state index in [1.165, 1.54) is 23.9 Å². The Labute approximate surface area is 123 Å². The summed E-state index contributed by atoms with van der Waals surface area (Å²) in [6.45, 7) is 2.10. The van der Waals surface area contributed by atoms with Gasteiger partial charge in [0.2, 0.25) is 0 Å². The second-order valence-corrected chi connectivity index (χ2v) is 5.93. The third-order valence-corrected chi connectivity index (χ3v) is 4.17. The highest BCUT2D eigenvalue weighted by molar-refractivity contribution is 5.77. The number of hydrogen-bond donors (Lipinski definition) is 1. The molecule has 0 saturated heterocycles. The molecule has 1 saturated carbocycles. The van der Waals surface area contributed by atoms with E-state index in [2.05, 4.69) is 29.7 Å². The molecule has 1 N–H and O–H groups in total. The Morgan fingerprint density at radius 3 is 2.76 bits per heavy atom. The summed E-state index contributed by atoms with van der Waals surface area (Å²) in [6.07, 6.45) is 3.14. The van der Waals surface area contributed by atoms with Crippen LogP contribution in [-0.2, 0) is 6.42 Å². The largest absolute Gasteiger partial charge is 0.508 e. The molecule has 0 unspecified atom stereocenters. The number of benzene rings is 2. The van der Waals surface area contributed by atoms with Crippen molar-refractivity contribution < 1.29 is 5.11 Å². The quantitative estimate of drug-likeness (QED) is 0.787. The normalized spacial score (nSPS) is 14.7. The fourth-order valence-corrected chi connectivity index (χ4v) is 2.95. The molecule has 0 spiro atoms. The lowest BCUT2D eigenvalue weighted by Crippen LogP contribution is -2.02. The second-order valence-electron chi connectivity index (χ2n) is 5.93. The van der Waals surface area contributed by atoms with Crippen molar-refractivity contribution in [2.24, 2.45) is 0 Å². The van der Waals surface area contributed by atoms with Crippen molar-refractivity contribution in [3.05, 3.63) is 59.4 Å². The van der Waals surface area contributed by atoms with Crippen LogP contribution in [0.2, 0.25) is 0 Å². The molecule has 0 radical (unpaired) electrons. The van der Waals surface area contributed by atoms with Crippen LogP contribution in [0.1, 0.15) is 35.8 Å². The van der Waals surface area contributed by atoms with E-state index in [1.807, 2.05) is 18.2 Å². The SMILES string of the molecule is Cc1ccc2c(c1)nc(Cc1ccccc1O)n2C1CC1. The lowest BCUT2D eigenvalue weighted by atomic mass is 10.1. The molecule has 2 aromatic carbocycles. The number of aromatic nitrogens is 2. The lowest BCUT2D eigenvalue weighted by Gasteiger charge is -2.08. The van der Waals surface area contributed by atoms with E-state index in [4.69, 9.17) is 4.98 Å². The Morgan fingerprint density at radius 2 is 2.00 bits per heavy atom. The van der Waals surface area contributed by atoms with Crippen LogP contribution in [0, 0.1) is 6.92 Å². The van der Waals surface area contributed by atoms with Gasteiger partial charge in [0.25, 0.3) is 0 Å². The average Bonchev–Trinajstić information content (AvgIpc) is 3.23. The van der Waals surface area contributed by atoms with Gasteiger partial charge in [0.15, 0.2) is 0 Å². The van der Waals surface area contributed by atoms with Gasteiger partial charge in [-0.25, -0.2) is 4.98 Å². The number of para-hydroxylation sites is 1. The monoisotopic (exact) mass is 278 g/mol. The molecule has 1 aliphatic carbocycles. The van der Waals surface area contributed by atoms with Crippen molar-refractivity contribution in [3.8, 4) is 5.75 Å². The summed E-state index contributed by atoms with van der Waals surface area (Å²) >= 11 is 0. The van der Waals surface area contributed by atoms with E-state index in [-0.39, 0.29) is 0 Å². The van der Waals surface area contributed by atoms with Gasteiger partial charge in [-0.1, -0.05) is 24.3 Å². The number of fused-ring (bicyclic) bond motifs is 1.